The van der Waals surface area contributed by atoms with Crippen LogP contribution in [0.15, 0.2) is 28.5 Å². The largest absolute Gasteiger partial charge is 0.493 e. The van der Waals surface area contributed by atoms with Gasteiger partial charge < -0.3 is 19.5 Å². The summed E-state index contributed by atoms with van der Waals surface area (Å²) in [4.78, 5) is 28.7. The fraction of sp³-hybridized carbons (Fsp3) is 0.450. The van der Waals surface area contributed by atoms with Crippen molar-refractivity contribution in [1.82, 2.24) is 9.29 Å². The standard InChI is InChI=1S/C20H25N3O7S2/c1-4-30-18(24)10-13-12-31-20(21-13)22-19(25)15-6-5-9-23(15)32(26,27)14-7-8-16(28-2)17(11-14)29-3/h7-8,11-12,15H,4-6,9-10H2,1-3H3,(H,21,22,25). The lowest BCUT2D eigenvalue weighted by molar-refractivity contribution is -0.142. The molecule has 32 heavy (non-hydrogen) atoms. The zero-order valence-corrected chi connectivity index (χ0v) is 19.6. The Morgan fingerprint density at radius 2 is 2.00 bits per heavy atom. The monoisotopic (exact) mass is 483 g/mol. The number of amides is 1. The molecule has 0 radical (unpaired) electrons. The summed E-state index contributed by atoms with van der Waals surface area (Å²) in [6.45, 7) is 2.22. The molecular weight excluding hydrogens is 458 g/mol. The highest BCUT2D eigenvalue weighted by Crippen LogP contribution is 2.33. The second-order valence-electron chi connectivity index (χ2n) is 6.91. The van der Waals surface area contributed by atoms with Crippen LogP contribution in [-0.4, -0.2) is 63.0 Å². The van der Waals surface area contributed by atoms with Crippen LogP contribution in [0.3, 0.4) is 0 Å². The SMILES string of the molecule is CCOC(=O)Cc1csc(NC(=O)C2CCCN2S(=O)(=O)c2ccc(OC)c(OC)c2)n1. The molecule has 1 fully saturated rings. The predicted molar refractivity (Wildman–Crippen MR) is 118 cm³/mol. The third-order valence-electron chi connectivity index (χ3n) is 4.88. The van der Waals surface area contributed by atoms with Gasteiger partial charge in [-0.25, -0.2) is 13.4 Å². The second kappa shape index (κ2) is 10.3. The fourth-order valence-corrected chi connectivity index (χ4v) is 5.78. The van der Waals surface area contributed by atoms with Gasteiger partial charge in [0.15, 0.2) is 16.6 Å². The summed E-state index contributed by atoms with van der Waals surface area (Å²) < 4.78 is 42.9. The van der Waals surface area contributed by atoms with Crippen LogP contribution in [0.25, 0.3) is 0 Å². The predicted octanol–water partition coefficient (Wildman–Crippen LogP) is 2.06. The summed E-state index contributed by atoms with van der Waals surface area (Å²) in [5.41, 5.74) is 0.477. The van der Waals surface area contributed by atoms with Gasteiger partial charge in [-0.05, 0) is 31.9 Å². The summed E-state index contributed by atoms with van der Waals surface area (Å²) in [6, 6.07) is 3.44. The van der Waals surface area contributed by atoms with E-state index in [9.17, 15) is 18.0 Å². The Hall–Kier alpha value is -2.70. The van der Waals surface area contributed by atoms with Crippen molar-refractivity contribution in [3.63, 3.8) is 0 Å². The lowest BCUT2D eigenvalue weighted by Crippen LogP contribution is -2.43. The third kappa shape index (κ3) is 5.19. The van der Waals surface area contributed by atoms with Crippen molar-refractivity contribution in [2.75, 3.05) is 32.7 Å². The van der Waals surface area contributed by atoms with Gasteiger partial charge in [0.1, 0.15) is 6.04 Å². The van der Waals surface area contributed by atoms with Crippen LogP contribution in [0, 0.1) is 0 Å². The van der Waals surface area contributed by atoms with Gasteiger partial charge in [-0.15, -0.1) is 11.3 Å². The molecule has 174 valence electrons. The highest BCUT2D eigenvalue weighted by Gasteiger charge is 2.40. The zero-order chi connectivity index (χ0) is 23.3. The Kier molecular flexibility index (Phi) is 7.69. The fourth-order valence-electron chi connectivity index (χ4n) is 3.40. The number of hydrogen-bond acceptors (Lipinski definition) is 9. The Morgan fingerprint density at radius 1 is 1.25 bits per heavy atom. The van der Waals surface area contributed by atoms with Gasteiger partial charge in [0, 0.05) is 18.0 Å². The van der Waals surface area contributed by atoms with Gasteiger partial charge in [-0.2, -0.15) is 4.31 Å². The molecule has 0 bridgehead atoms. The molecular formula is C20H25N3O7S2. The van der Waals surface area contributed by atoms with E-state index < -0.39 is 27.9 Å². The van der Waals surface area contributed by atoms with E-state index in [2.05, 4.69) is 10.3 Å². The van der Waals surface area contributed by atoms with Gasteiger partial charge in [0.05, 0.1) is 37.8 Å². The molecule has 1 aromatic heterocycles. The zero-order valence-electron chi connectivity index (χ0n) is 18.0. The quantitative estimate of drug-likeness (QED) is 0.538. The van der Waals surface area contributed by atoms with E-state index in [4.69, 9.17) is 14.2 Å². The Labute approximate surface area is 190 Å². The van der Waals surface area contributed by atoms with E-state index in [0.29, 0.717) is 29.4 Å². The van der Waals surface area contributed by atoms with Crippen LogP contribution in [0.2, 0.25) is 0 Å². The molecule has 10 nitrogen and oxygen atoms in total. The summed E-state index contributed by atoms with van der Waals surface area (Å²) in [6.07, 6.45) is 0.944. The van der Waals surface area contributed by atoms with Gasteiger partial charge in [-0.1, -0.05) is 0 Å². The van der Waals surface area contributed by atoms with Gasteiger partial charge in [0.25, 0.3) is 0 Å². The lowest BCUT2D eigenvalue weighted by Gasteiger charge is -2.23. The molecule has 3 rings (SSSR count). The minimum atomic E-state index is -3.94. The minimum absolute atomic E-state index is 0.00342. The number of esters is 1. The van der Waals surface area contributed by atoms with E-state index >= 15 is 0 Å². The summed E-state index contributed by atoms with van der Waals surface area (Å²) >= 11 is 1.16. The van der Waals surface area contributed by atoms with E-state index in [1.165, 1.54) is 36.7 Å². The molecule has 0 aliphatic carbocycles. The van der Waals surface area contributed by atoms with Gasteiger partial charge in [-0.3, -0.25) is 9.59 Å². The number of aromatic nitrogens is 1. The number of methoxy groups -OCH3 is 2. The van der Waals surface area contributed by atoms with E-state index in [0.717, 1.165) is 11.3 Å². The first-order valence-corrected chi connectivity index (χ1v) is 12.3. The molecule has 12 heteroatoms. The van der Waals surface area contributed by atoms with E-state index in [1.54, 1.807) is 12.3 Å². The molecule has 1 N–H and O–H groups in total. The number of nitrogens with zero attached hydrogens (tertiary/aromatic N) is 2. The summed E-state index contributed by atoms with van der Waals surface area (Å²) in [5, 5.41) is 4.62. The van der Waals surface area contributed by atoms with Crippen molar-refractivity contribution in [3.8, 4) is 11.5 Å². The highest BCUT2D eigenvalue weighted by molar-refractivity contribution is 7.89. The maximum absolute atomic E-state index is 13.2. The average Bonchev–Trinajstić information content (AvgIpc) is 3.43. The van der Waals surface area contributed by atoms with Crippen molar-refractivity contribution in [2.24, 2.45) is 0 Å². The first-order chi connectivity index (χ1) is 15.3. The first-order valence-electron chi connectivity index (χ1n) is 9.95. The number of rotatable bonds is 9. The van der Waals surface area contributed by atoms with Crippen LogP contribution >= 0.6 is 11.3 Å². The van der Waals surface area contributed by atoms with Gasteiger partial charge in [0.2, 0.25) is 15.9 Å². The molecule has 1 aromatic carbocycles. The maximum atomic E-state index is 13.2. The topological polar surface area (TPSA) is 124 Å². The summed E-state index contributed by atoms with van der Waals surface area (Å²) in [5.74, 6) is -0.183. The van der Waals surface area contributed by atoms with E-state index in [1.807, 2.05) is 0 Å². The molecule has 1 aliphatic rings. The normalized spacial score (nSPS) is 16.5. The average molecular weight is 484 g/mol. The molecule has 0 saturated carbocycles. The number of hydrogen-bond donors (Lipinski definition) is 1. The second-order valence-corrected chi connectivity index (χ2v) is 9.65. The lowest BCUT2D eigenvalue weighted by atomic mass is 10.2. The molecule has 0 spiro atoms. The van der Waals surface area contributed by atoms with Crippen LogP contribution in [0.5, 0.6) is 11.5 Å². The number of anilines is 1. The molecule has 1 aliphatic heterocycles. The smallest absolute Gasteiger partial charge is 0.311 e. The first kappa shape index (κ1) is 24.0. The number of ether oxygens (including phenoxy) is 3. The maximum Gasteiger partial charge on any atom is 0.311 e. The number of carbonyl (C=O) groups excluding carboxylic acids is 2. The Morgan fingerprint density at radius 3 is 2.69 bits per heavy atom. The van der Waals surface area contributed by atoms with Crippen molar-refractivity contribution in [2.45, 2.75) is 37.1 Å². The number of nitrogens with one attached hydrogen (secondary N) is 1. The van der Waals surface area contributed by atoms with Gasteiger partial charge >= 0.3 is 5.97 Å². The third-order valence-corrected chi connectivity index (χ3v) is 7.59. The van der Waals surface area contributed by atoms with Crippen molar-refractivity contribution in [3.05, 3.63) is 29.3 Å². The molecule has 1 amide bonds. The number of carbonyl (C=O) groups is 2. The van der Waals surface area contributed by atoms with Crippen LogP contribution in [0.1, 0.15) is 25.5 Å². The van der Waals surface area contributed by atoms with Crippen LogP contribution < -0.4 is 14.8 Å². The number of thiazole rings is 1. The molecule has 1 saturated heterocycles. The molecule has 2 heterocycles. The Bertz CT molecular complexity index is 1080. The summed E-state index contributed by atoms with van der Waals surface area (Å²) in [7, 11) is -1.06. The van der Waals surface area contributed by atoms with Crippen LogP contribution in [0.4, 0.5) is 5.13 Å². The highest BCUT2D eigenvalue weighted by atomic mass is 32.2. The van der Waals surface area contributed by atoms with Crippen LogP contribution in [-0.2, 0) is 30.8 Å². The number of sulfonamides is 1. The number of benzene rings is 1. The molecule has 2 aromatic rings. The van der Waals surface area contributed by atoms with E-state index in [-0.39, 0.29) is 30.2 Å². The molecule has 1 atom stereocenters. The van der Waals surface area contributed by atoms with Crippen molar-refractivity contribution < 1.29 is 32.2 Å². The minimum Gasteiger partial charge on any atom is -0.493 e. The molecule has 1 unspecified atom stereocenters. The Balaban J connectivity index is 1.74. The van der Waals surface area contributed by atoms with Crippen molar-refractivity contribution in [1.29, 1.82) is 0 Å². The van der Waals surface area contributed by atoms with Crippen molar-refractivity contribution >= 4 is 38.4 Å².